The second-order valence-corrected chi connectivity index (χ2v) is 6.79. The molecule has 0 bridgehead atoms. The molecule has 0 atom stereocenters. The van der Waals surface area contributed by atoms with E-state index >= 15 is 0 Å². The van der Waals surface area contributed by atoms with Gasteiger partial charge in [0.15, 0.2) is 0 Å². The fourth-order valence-corrected chi connectivity index (χ4v) is 2.61. The Kier molecular flexibility index (Phi) is 4.92. The predicted molar refractivity (Wildman–Crippen MR) is 85.3 cm³/mol. The summed E-state index contributed by atoms with van der Waals surface area (Å²) < 4.78 is 5.90. The molecule has 1 aliphatic heterocycles. The first kappa shape index (κ1) is 15.2. The number of nitrogens with zero attached hydrogens (tertiary/aromatic N) is 1. The highest BCUT2D eigenvalue weighted by Gasteiger charge is 2.15. The summed E-state index contributed by atoms with van der Waals surface area (Å²) in [6.45, 7) is 10.8. The molecule has 0 aliphatic carbocycles. The van der Waals surface area contributed by atoms with Crippen LogP contribution < -0.4 is 10.5 Å². The highest BCUT2D eigenvalue weighted by atomic mass is 16.5. The molecule has 3 heteroatoms. The standard InChI is InChI=1S/C17H28N2O/c1-17(2,3)14-11-15(18)13-16(12-14)20-10-9-19-7-5-4-6-8-19/h11-13H,4-10,18H2,1-3H3. The van der Waals surface area contributed by atoms with E-state index in [4.69, 9.17) is 10.5 Å². The van der Waals surface area contributed by atoms with Crippen LogP contribution in [0.3, 0.4) is 0 Å². The van der Waals surface area contributed by atoms with Crippen LogP contribution in [0.2, 0.25) is 0 Å². The minimum absolute atomic E-state index is 0.0976. The molecule has 1 saturated heterocycles. The largest absolute Gasteiger partial charge is 0.492 e. The summed E-state index contributed by atoms with van der Waals surface area (Å²) in [4.78, 5) is 2.49. The molecule has 0 unspecified atom stereocenters. The van der Waals surface area contributed by atoms with Gasteiger partial charge in [-0.05, 0) is 49.0 Å². The topological polar surface area (TPSA) is 38.5 Å². The number of nitrogens with two attached hydrogens (primary N) is 1. The maximum Gasteiger partial charge on any atom is 0.121 e. The lowest BCUT2D eigenvalue weighted by atomic mass is 9.87. The molecule has 0 spiro atoms. The second kappa shape index (κ2) is 6.49. The Morgan fingerprint density at radius 2 is 1.80 bits per heavy atom. The van der Waals surface area contributed by atoms with Crippen molar-refractivity contribution in [2.24, 2.45) is 0 Å². The highest BCUT2D eigenvalue weighted by Crippen LogP contribution is 2.28. The number of likely N-dealkylation sites (tertiary alicyclic amines) is 1. The Morgan fingerprint density at radius 3 is 2.45 bits per heavy atom. The summed E-state index contributed by atoms with van der Waals surface area (Å²) in [5.74, 6) is 0.895. The van der Waals surface area contributed by atoms with E-state index in [9.17, 15) is 0 Å². The zero-order valence-corrected chi connectivity index (χ0v) is 13.1. The Morgan fingerprint density at radius 1 is 1.10 bits per heavy atom. The summed E-state index contributed by atoms with van der Waals surface area (Å²) in [6, 6.07) is 6.08. The van der Waals surface area contributed by atoms with Crippen molar-refractivity contribution >= 4 is 5.69 Å². The maximum absolute atomic E-state index is 5.98. The fourth-order valence-electron chi connectivity index (χ4n) is 2.61. The number of hydrogen-bond donors (Lipinski definition) is 1. The molecular weight excluding hydrogens is 248 g/mol. The van der Waals surface area contributed by atoms with Crippen LogP contribution >= 0.6 is 0 Å². The van der Waals surface area contributed by atoms with Gasteiger partial charge >= 0.3 is 0 Å². The van der Waals surface area contributed by atoms with E-state index in [0.29, 0.717) is 0 Å². The normalized spacial score (nSPS) is 17.1. The highest BCUT2D eigenvalue weighted by molar-refractivity contribution is 5.49. The molecule has 20 heavy (non-hydrogen) atoms. The van der Waals surface area contributed by atoms with Crippen molar-refractivity contribution in [2.45, 2.75) is 45.4 Å². The number of nitrogen functional groups attached to an aromatic ring is 1. The summed E-state index contributed by atoms with van der Waals surface area (Å²) >= 11 is 0. The van der Waals surface area contributed by atoms with Crippen LogP contribution in [0.15, 0.2) is 18.2 Å². The van der Waals surface area contributed by atoms with Crippen LogP contribution in [0.4, 0.5) is 5.69 Å². The third kappa shape index (κ3) is 4.41. The lowest BCUT2D eigenvalue weighted by molar-refractivity contribution is 0.183. The Labute approximate surface area is 123 Å². The van der Waals surface area contributed by atoms with Gasteiger partial charge in [-0.2, -0.15) is 0 Å². The number of anilines is 1. The van der Waals surface area contributed by atoms with Crippen LogP contribution in [0.1, 0.15) is 45.6 Å². The molecule has 3 nitrogen and oxygen atoms in total. The molecule has 112 valence electrons. The van der Waals surface area contributed by atoms with Crippen LogP contribution in [0, 0.1) is 0 Å². The second-order valence-electron chi connectivity index (χ2n) is 6.79. The third-order valence-electron chi connectivity index (χ3n) is 3.92. The van der Waals surface area contributed by atoms with E-state index in [1.807, 2.05) is 12.1 Å². The summed E-state index contributed by atoms with van der Waals surface area (Å²) in [5, 5.41) is 0. The molecule has 1 aromatic rings. The number of ether oxygens (including phenoxy) is 1. The van der Waals surface area contributed by atoms with Crippen molar-refractivity contribution in [3.63, 3.8) is 0 Å². The molecule has 0 radical (unpaired) electrons. The minimum Gasteiger partial charge on any atom is -0.492 e. The van der Waals surface area contributed by atoms with Gasteiger partial charge in [0.25, 0.3) is 0 Å². The van der Waals surface area contributed by atoms with Gasteiger partial charge < -0.3 is 10.5 Å². The number of hydrogen-bond acceptors (Lipinski definition) is 3. The lowest BCUT2D eigenvalue weighted by Crippen LogP contribution is -2.33. The van der Waals surface area contributed by atoms with Gasteiger partial charge in [0.2, 0.25) is 0 Å². The van der Waals surface area contributed by atoms with Crippen LogP contribution in [-0.2, 0) is 5.41 Å². The van der Waals surface area contributed by atoms with Crippen molar-refractivity contribution in [1.29, 1.82) is 0 Å². The fraction of sp³-hybridized carbons (Fsp3) is 0.647. The summed E-state index contributed by atoms with van der Waals surface area (Å²) in [5.41, 5.74) is 8.09. The van der Waals surface area contributed by atoms with E-state index < -0.39 is 0 Å². The molecule has 1 aliphatic rings. The molecular formula is C17H28N2O. The Hall–Kier alpha value is -1.22. The molecule has 1 fully saturated rings. The van der Waals surface area contributed by atoms with Gasteiger partial charge in [-0.3, -0.25) is 4.90 Å². The molecule has 2 rings (SSSR count). The molecule has 1 aromatic carbocycles. The van der Waals surface area contributed by atoms with Crippen molar-refractivity contribution in [3.8, 4) is 5.75 Å². The zero-order valence-electron chi connectivity index (χ0n) is 13.1. The van der Waals surface area contributed by atoms with Crippen LogP contribution in [0.25, 0.3) is 0 Å². The molecule has 0 saturated carbocycles. The molecule has 0 aromatic heterocycles. The number of benzene rings is 1. The Bertz CT molecular complexity index is 431. The van der Waals surface area contributed by atoms with Gasteiger partial charge in [0.05, 0.1) is 0 Å². The van der Waals surface area contributed by atoms with Gasteiger partial charge in [0.1, 0.15) is 12.4 Å². The van der Waals surface area contributed by atoms with Crippen molar-refractivity contribution in [1.82, 2.24) is 4.90 Å². The van der Waals surface area contributed by atoms with E-state index in [1.54, 1.807) is 0 Å². The number of piperidine rings is 1. The van der Waals surface area contributed by atoms with E-state index in [1.165, 1.54) is 37.9 Å². The first-order valence-electron chi connectivity index (χ1n) is 7.71. The maximum atomic E-state index is 5.98. The molecule has 0 amide bonds. The van der Waals surface area contributed by atoms with Crippen LogP contribution in [0.5, 0.6) is 5.75 Å². The third-order valence-corrected chi connectivity index (χ3v) is 3.92. The van der Waals surface area contributed by atoms with Gasteiger partial charge in [0, 0.05) is 18.3 Å². The first-order valence-corrected chi connectivity index (χ1v) is 7.71. The van der Waals surface area contributed by atoms with Crippen LogP contribution in [-0.4, -0.2) is 31.1 Å². The average Bonchev–Trinajstić information content (AvgIpc) is 2.38. The van der Waals surface area contributed by atoms with Crippen molar-refractivity contribution in [2.75, 3.05) is 32.0 Å². The first-order chi connectivity index (χ1) is 9.45. The molecule has 2 N–H and O–H groups in total. The van der Waals surface area contributed by atoms with Crippen molar-refractivity contribution < 1.29 is 4.74 Å². The quantitative estimate of drug-likeness (QED) is 0.856. The van der Waals surface area contributed by atoms with Gasteiger partial charge in [-0.1, -0.05) is 27.2 Å². The Balaban J connectivity index is 1.90. The number of rotatable bonds is 4. The molecule has 1 heterocycles. The zero-order chi connectivity index (χ0) is 14.6. The van der Waals surface area contributed by atoms with Gasteiger partial charge in [-0.25, -0.2) is 0 Å². The average molecular weight is 276 g/mol. The predicted octanol–water partition coefficient (Wildman–Crippen LogP) is 3.43. The van der Waals surface area contributed by atoms with Crippen molar-refractivity contribution in [3.05, 3.63) is 23.8 Å². The monoisotopic (exact) mass is 276 g/mol. The summed E-state index contributed by atoms with van der Waals surface area (Å²) in [7, 11) is 0. The summed E-state index contributed by atoms with van der Waals surface area (Å²) in [6.07, 6.45) is 4.03. The van der Waals surface area contributed by atoms with Gasteiger partial charge in [-0.15, -0.1) is 0 Å². The SMILES string of the molecule is CC(C)(C)c1cc(N)cc(OCCN2CCCCC2)c1. The smallest absolute Gasteiger partial charge is 0.121 e. The minimum atomic E-state index is 0.0976. The van der Waals surface area contributed by atoms with E-state index in [-0.39, 0.29) is 5.41 Å². The lowest BCUT2D eigenvalue weighted by Gasteiger charge is -2.26. The van der Waals surface area contributed by atoms with E-state index in [2.05, 4.69) is 31.7 Å². The van der Waals surface area contributed by atoms with E-state index in [0.717, 1.165) is 24.6 Å².